The van der Waals surface area contributed by atoms with Gasteiger partial charge in [-0.05, 0) is 35.4 Å². The summed E-state index contributed by atoms with van der Waals surface area (Å²) in [5.74, 6) is 0.00737. The highest BCUT2D eigenvalue weighted by molar-refractivity contribution is 6.30. The predicted octanol–water partition coefficient (Wildman–Crippen LogP) is 4.38. The minimum Gasteiger partial charge on any atom is -0.499 e. The molecule has 0 aliphatic rings. The lowest BCUT2D eigenvalue weighted by atomic mass is 9.98. The van der Waals surface area contributed by atoms with E-state index in [1.54, 1.807) is 0 Å². The molecule has 2 aromatic carbocycles. The Morgan fingerprint density at radius 1 is 0.960 bits per heavy atom. The summed E-state index contributed by atoms with van der Waals surface area (Å²) >= 11 is 12.0. The molecule has 0 atom stereocenters. The molecule has 4 nitrogen and oxygen atoms in total. The summed E-state index contributed by atoms with van der Waals surface area (Å²) in [6.45, 7) is 0.349. The zero-order valence-electron chi connectivity index (χ0n) is 14.0. The van der Waals surface area contributed by atoms with E-state index in [2.05, 4.69) is 10.1 Å². The number of esters is 1. The first kappa shape index (κ1) is 19.3. The third-order valence-corrected chi connectivity index (χ3v) is 4.13. The lowest BCUT2D eigenvalue weighted by Crippen LogP contribution is -2.25. The molecule has 0 aliphatic carbocycles. The SMILES string of the molecule is COC(=O)/C=C(\CNC(c1ccc(Cl)cc1)c1ccc(Cl)cc1)OC. The van der Waals surface area contributed by atoms with Gasteiger partial charge in [0.15, 0.2) is 0 Å². The highest BCUT2D eigenvalue weighted by Crippen LogP contribution is 2.25. The highest BCUT2D eigenvalue weighted by Gasteiger charge is 2.15. The number of hydrogen-bond acceptors (Lipinski definition) is 4. The van der Waals surface area contributed by atoms with E-state index in [1.165, 1.54) is 20.3 Å². The Balaban J connectivity index is 2.25. The maximum Gasteiger partial charge on any atom is 0.333 e. The Kier molecular flexibility index (Phi) is 7.31. The molecule has 2 aromatic rings. The van der Waals surface area contributed by atoms with Crippen molar-refractivity contribution in [3.05, 3.63) is 81.5 Å². The number of rotatable bonds is 7. The van der Waals surface area contributed by atoms with Gasteiger partial charge in [-0.2, -0.15) is 0 Å². The van der Waals surface area contributed by atoms with Crippen molar-refractivity contribution < 1.29 is 14.3 Å². The van der Waals surface area contributed by atoms with Crippen LogP contribution in [0.3, 0.4) is 0 Å². The molecular weight excluding hydrogens is 361 g/mol. The fourth-order valence-electron chi connectivity index (χ4n) is 2.31. The van der Waals surface area contributed by atoms with E-state index in [4.69, 9.17) is 27.9 Å². The van der Waals surface area contributed by atoms with Gasteiger partial charge in [-0.1, -0.05) is 47.5 Å². The van der Waals surface area contributed by atoms with Crippen molar-refractivity contribution in [3.8, 4) is 0 Å². The van der Waals surface area contributed by atoms with E-state index >= 15 is 0 Å². The van der Waals surface area contributed by atoms with Crippen LogP contribution in [0.25, 0.3) is 0 Å². The van der Waals surface area contributed by atoms with Gasteiger partial charge in [-0.25, -0.2) is 4.79 Å². The van der Waals surface area contributed by atoms with Crippen LogP contribution in [0.15, 0.2) is 60.4 Å². The van der Waals surface area contributed by atoms with Crippen LogP contribution in [0.2, 0.25) is 10.0 Å². The Labute approximate surface area is 157 Å². The lowest BCUT2D eigenvalue weighted by molar-refractivity contribution is -0.135. The Hall–Kier alpha value is -2.01. The van der Waals surface area contributed by atoms with Gasteiger partial charge in [-0.15, -0.1) is 0 Å². The molecular formula is C19H19Cl2NO3. The maximum absolute atomic E-state index is 11.4. The molecule has 0 spiro atoms. The number of nitrogens with one attached hydrogen (secondary N) is 1. The van der Waals surface area contributed by atoms with Gasteiger partial charge in [0.25, 0.3) is 0 Å². The quantitative estimate of drug-likeness (QED) is 0.440. The molecule has 0 saturated heterocycles. The van der Waals surface area contributed by atoms with Gasteiger partial charge in [0.1, 0.15) is 5.76 Å². The van der Waals surface area contributed by atoms with Crippen molar-refractivity contribution in [2.75, 3.05) is 20.8 Å². The molecule has 6 heteroatoms. The second kappa shape index (κ2) is 9.47. The molecule has 0 bridgehead atoms. The normalized spacial score (nSPS) is 11.5. The molecule has 0 unspecified atom stereocenters. The molecule has 0 saturated carbocycles. The van der Waals surface area contributed by atoms with Crippen LogP contribution in [0.4, 0.5) is 0 Å². The molecule has 0 aliphatic heterocycles. The summed E-state index contributed by atoms with van der Waals surface area (Å²) in [5.41, 5.74) is 2.06. The standard InChI is InChI=1S/C19H19Cl2NO3/c1-24-17(11-18(23)25-2)12-22-19(13-3-7-15(20)8-4-13)14-5-9-16(21)10-6-14/h3-11,19,22H,12H2,1-2H3/b17-11+. The number of halogens is 2. The molecule has 25 heavy (non-hydrogen) atoms. The first-order chi connectivity index (χ1) is 12.0. The van der Waals surface area contributed by atoms with Crippen LogP contribution in [0.1, 0.15) is 17.2 Å². The van der Waals surface area contributed by atoms with Crippen molar-refractivity contribution in [1.82, 2.24) is 5.32 Å². The van der Waals surface area contributed by atoms with Crippen molar-refractivity contribution in [2.45, 2.75) is 6.04 Å². The van der Waals surface area contributed by atoms with Crippen molar-refractivity contribution in [2.24, 2.45) is 0 Å². The predicted molar refractivity (Wildman–Crippen MR) is 99.9 cm³/mol. The average Bonchev–Trinajstić information content (AvgIpc) is 2.63. The van der Waals surface area contributed by atoms with Gasteiger partial charge in [-0.3, -0.25) is 5.32 Å². The Morgan fingerprint density at radius 2 is 1.44 bits per heavy atom. The largest absolute Gasteiger partial charge is 0.499 e. The molecule has 0 fully saturated rings. The van der Waals surface area contributed by atoms with Crippen molar-refractivity contribution in [3.63, 3.8) is 0 Å². The maximum atomic E-state index is 11.4. The summed E-state index contributed by atoms with van der Waals surface area (Å²) in [5, 5.41) is 4.72. The molecule has 2 rings (SSSR count). The summed E-state index contributed by atoms with van der Waals surface area (Å²) < 4.78 is 9.87. The van der Waals surface area contributed by atoms with E-state index in [9.17, 15) is 4.79 Å². The molecule has 1 N–H and O–H groups in total. The van der Waals surface area contributed by atoms with E-state index < -0.39 is 5.97 Å². The topological polar surface area (TPSA) is 47.6 Å². The second-order valence-corrected chi connectivity index (χ2v) is 6.13. The number of carbonyl (C=O) groups excluding carboxylic acids is 1. The van der Waals surface area contributed by atoms with Crippen LogP contribution in [0.5, 0.6) is 0 Å². The van der Waals surface area contributed by atoms with Crippen LogP contribution >= 0.6 is 23.2 Å². The first-order valence-corrected chi connectivity index (χ1v) is 8.36. The molecule has 132 valence electrons. The zero-order valence-corrected chi connectivity index (χ0v) is 15.5. The van der Waals surface area contributed by atoms with Crippen LogP contribution < -0.4 is 5.32 Å². The average molecular weight is 380 g/mol. The fraction of sp³-hybridized carbons (Fsp3) is 0.211. The smallest absolute Gasteiger partial charge is 0.333 e. The highest BCUT2D eigenvalue weighted by atomic mass is 35.5. The minimum absolute atomic E-state index is 0.120. The molecule has 0 aromatic heterocycles. The number of benzene rings is 2. The van der Waals surface area contributed by atoms with E-state index in [-0.39, 0.29) is 6.04 Å². The van der Waals surface area contributed by atoms with Gasteiger partial charge >= 0.3 is 5.97 Å². The van der Waals surface area contributed by atoms with Gasteiger partial charge in [0.2, 0.25) is 0 Å². The monoisotopic (exact) mass is 379 g/mol. The first-order valence-electron chi connectivity index (χ1n) is 7.60. The molecule has 0 amide bonds. The van der Waals surface area contributed by atoms with Gasteiger partial charge < -0.3 is 9.47 Å². The van der Waals surface area contributed by atoms with Gasteiger partial charge in [0, 0.05) is 10.0 Å². The lowest BCUT2D eigenvalue weighted by Gasteiger charge is -2.21. The van der Waals surface area contributed by atoms with Crippen LogP contribution in [-0.2, 0) is 14.3 Å². The summed E-state index contributed by atoms with van der Waals surface area (Å²) in [7, 11) is 2.83. The number of hydrogen-bond donors (Lipinski definition) is 1. The number of methoxy groups -OCH3 is 2. The second-order valence-electron chi connectivity index (χ2n) is 5.25. The number of ether oxygens (including phenoxy) is 2. The van der Waals surface area contributed by atoms with Crippen LogP contribution in [0, 0.1) is 0 Å². The third kappa shape index (κ3) is 5.78. The summed E-state index contributed by atoms with van der Waals surface area (Å²) in [4.78, 5) is 11.4. The minimum atomic E-state index is -0.465. The molecule has 0 radical (unpaired) electrons. The summed E-state index contributed by atoms with van der Waals surface area (Å²) in [6.07, 6.45) is 1.31. The third-order valence-electron chi connectivity index (χ3n) is 3.63. The Morgan fingerprint density at radius 3 is 1.84 bits per heavy atom. The molecule has 0 heterocycles. The van der Waals surface area contributed by atoms with Crippen LogP contribution in [-0.4, -0.2) is 26.7 Å². The number of carbonyl (C=O) groups is 1. The fourth-order valence-corrected chi connectivity index (χ4v) is 2.57. The van der Waals surface area contributed by atoms with E-state index in [0.717, 1.165) is 11.1 Å². The van der Waals surface area contributed by atoms with Crippen molar-refractivity contribution in [1.29, 1.82) is 0 Å². The Bertz CT molecular complexity index is 682. The van der Waals surface area contributed by atoms with E-state index in [0.29, 0.717) is 22.3 Å². The van der Waals surface area contributed by atoms with Gasteiger partial charge in [0.05, 0.1) is 32.9 Å². The zero-order chi connectivity index (χ0) is 18.2. The van der Waals surface area contributed by atoms with Crippen molar-refractivity contribution >= 4 is 29.2 Å². The van der Waals surface area contributed by atoms with E-state index in [1.807, 2.05) is 48.5 Å². The summed E-state index contributed by atoms with van der Waals surface area (Å²) in [6, 6.07) is 15.0.